The maximum absolute atomic E-state index is 2.90. The molecule has 0 unspecified atom stereocenters. The normalized spacial score (nSPS) is 12.2. The molecule has 1 heteroatoms. The Morgan fingerprint density at radius 3 is 0.821 bits per heavy atom. The summed E-state index contributed by atoms with van der Waals surface area (Å²) in [6, 6.07) is 0. The van der Waals surface area contributed by atoms with Crippen LogP contribution in [-0.2, 0) is 0 Å². The van der Waals surface area contributed by atoms with Crippen molar-refractivity contribution >= 4 is 0 Å². The molecule has 0 saturated carbocycles. The number of rotatable bonds is 33. The molecule has 0 aromatic heterocycles. The van der Waals surface area contributed by atoms with Gasteiger partial charge in [-0.25, -0.2) is 0 Å². The van der Waals surface area contributed by atoms with Crippen molar-refractivity contribution in [2.24, 2.45) is 0 Å². The van der Waals surface area contributed by atoms with Crippen LogP contribution < -0.4 is 0 Å². The molecule has 0 bridgehead atoms. The average molecular weight is 550 g/mol. The molecular formula is C38H79N. The highest BCUT2D eigenvalue weighted by Gasteiger charge is 2.25. The molecule has 0 aliphatic rings. The lowest BCUT2D eigenvalue weighted by atomic mass is 9.93. The Balaban J connectivity index is 4.09. The predicted octanol–water partition coefficient (Wildman–Crippen LogP) is 13.8. The minimum absolute atomic E-state index is 0.377. The van der Waals surface area contributed by atoms with Gasteiger partial charge in [0.15, 0.2) is 0 Å². The Hall–Kier alpha value is -0.0400. The monoisotopic (exact) mass is 550 g/mol. The van der Waals surface area contributed by atoms with Crippen LogP contribution in [0.4, 0.5) is 0 Å². The zero-order valence-corrected chi connectivity index (χ0v) is 28.6. The number of hydrogen-bond donors (Lipinski definition) is 0. The van der Waals surface area contributed by atoms with Crippen molar-refractivity contribution in [3.8, 4) is 0 Å². The lowest BCUT2D eigenvalue weighted by Crippen LogP contribution is -2.45. The molecule has 0 aliphatic carbocycles. The SMILES string of the molecule is CCCCCCCCCCCCCCN(CCCCCCCCCCCCCC)C(C)(C)CCCCCCC. The topological polar surface area (TPSA) is 3.24 Å². The van der Waals surface area contributed by atoms with E-state index < -0.39 is 0 Å². The van der Waals surface area contributed by atoms with Crippen molar-refractivity contribution in [3.63, 3.8) is 0 Å². The molecule has 0 amide bonds. The fourth-order valence-electron chi connectivity index (χ4n) is 6.32. The van der Waals surface area contributed by atoms with Crippen molar-refractivity contribution < 1.29 is 0 Å². The highest BCUT2D eigenvalue weighted by molar-refractivity contribution is 4.81. The molecule has 0 saturated heterocycles. The second-order valence-electron chi connectivity index (χ2n) is 13.7. The van der Waals surface area contributed by atoms with Gasteiger partial charge in [0.05, 0.1) is 0 Å². The van der Waals surface area contributed by atoms with Gasteiger partial charge in [0, 0.05) is 5.54 Å². The molecule has 0 N–H and O–H groups in total. The van der Waals surface area contributed by atoms with Gasteiger partial charge in [-0.05, 0) is 46.2 Å². The van der Waals surface area contributed by atoms with Crippen LogP contribution in [0.1, 0.15) is 227 Å². The largest absolute Gasteiger partial charge is 0.298 e. The number of unbranched alkanes of at least 4 members (excludes halogenated alkanes) is 26. The summed E-state index contributed by atoms with van der Waals surface area (Å²) in [5.41, 5.74) is 0.377. The van der Waals surface area contributed by atoms with Gasteiger partial charge in [-0.3, -0.25) is 4.90 Å². The Bertz CT molecular complexity index is 414. The molecule has 39 heavy (non-hydrogen) atoms. The number of nitrogens with zero attached hydrogens (tertiary/aromatic N) is 1. The lowest BCUT2D eigenvalue weighted by Gasteiger charge is -2.39. The van der Waals surface area contributed by atoms with E-state index in [1.807, 2.05) is 0 Å². The van der Waals surface area contributed by atoms with Gasteiger partial charge < -0.3 is 0 Å². The van der Waals surface area contributed by atoms with Crippen LogP contribution in [0.5, 0.6) is 0 Å². The first-order valence-corrected chi connectivity index (χ1v) is 18.8. The van der Waals surface area contributed by atoms with Crippen LogP contribution in [-0.4, -0.2) is 23.5 Å². The van der Waals surface area contributed by atoms with Gasteiger partial charge >= 0.3 is 0 Å². The Labute approximate surface area is 250 Å². The lowest BCUT2D eigenvalue weighted by molar-refractivity contribution is 0.102. The highest BCUT2D eigenvalue weighted by atomic mass is 15.2. The summed E-state index contributed by atoms with van der Waals surface area (Å²) >= 11 is 0. The first kappa shape index (κ1) is 39.0. The third-order valence-corrected chi connectivity index (χ3v) is 9.31. The molecule has 0 aromatic rings. The molecule has 1 nitrogen and oxygen atoms in total. The van der Waals surface area contributed by atoms with Crippen LogP contribution in [0.3, 0.4) is 0 Å². The molecule has 0 atom stereocenters. The van der Waals surface area contributed by atoms with Gasteiger partial charge in [0.2, 0.25) is 0 Å². The minimum Gasteiger partial charge on any atom is -0.298 e. The van der Waals surface area contributed by atoms with E-state index in [9.17, 15) is 0 Å². The summed E-state index contributed by atoms with van der Waals surface area (Å²) in [4.78, 5) is 2.90. The summed E-state index contributed by atoms with van der Waals surface area (Å²) in [7, 11) is 0. The summed E-state index contributed by atoms with van der Waals surface area (Å²) in [6.07, 6.45) is 43.3. The Morgan fingerprint density at radius 2 is 0.538 bits per heavy atom. The van der Waals surface area contributed by atoms with E-state index in [2.05, 4.69) is 39.5 Å². The van der Waals surface area contributed by atoms with Gasteiger partial charge in [-0.2, -0.15) is 0 Å². The average Bonchev–Trinajstić information content (AvgIpc) is 2.92. The molecule has 0 fully saturated rings. The van der Waals surface area contributed by atoms with E-state index in [4.69, 9.17) is 0 Å². The van der Waals surface area contributed by atoms with E-state index in [1.165, 1.54) is 206 Å². The van der Waals surface area contributed by atoms with E-state index in [0.29, 0.717) is 5.54 Å². The minimum atomic E-state index is 0.377. The van der Waals surface area contributed by atoms with Crippen molar-refractivity contribution in [1.82, 2.24) is 4.90 Å². The summed E-state index contributed by atoms with van der Waals surface area (Å²) in [5.74, 6) is 0. The molecule has 0 heterocycles. The molecule has 0 aliphatic heterocycles. The standard InChI is InChI=1S/C38H79N/c1-6-9-12-15-17-19-21-23-25-27-30-33-36-39(38(4,5)35-32-29-14-11-8-3)37-34-31-28-26-24-22-20-18-16-13-10-7-2/h6-37H2,1-5H3. The van der Waals surface area contributed by atoms with Crippen molar-refractivity contribution in [2.45, 2.75) is 233 Å². The van der Waals surface area contributed by atoms with Crippen molar-refractivity contribution in [3.05, 3.63) is 0 Å². The van der Waals surface area contributed by atoms with Crippen molar-refractivity contribution in [2.75, 3.05) is 13.1 Å². The molecule has 236 valence electrons. The third-order valence-electron chi connectivity index (χ3n) is 9.31. The van der Waals surface area contributed by atoms with Gasteiger partial charge in [0.25, 0.3) is 0 Å². The third kappa shape index (κ3) is 27.9. The maximum Gasteiger partial charge on any atom is 0.0153 e. The molecule has 0 radical (unpaired) electrons. The highest BCUT2D eigenvalue weighted by Crippen LogP contribution is 2.25. The first-order valence-electron chi connectivity index (χ1n) is 18.8. The molecular weight excluding hydrogens is 470 g/mol. The van der Waals surface area contributed by atoms with Crippen LogP contribution in [0.25, 0.3) is 0 Å². The smallest absolute Gasteiger partial charge is 0.0153 e. The van der Waals surface area contributed by atoms with E-state index in [-0.39, 0.29) is 0 Å². The van der Waals surface area contributed by atoms with E-state index in [1.54, 1.807) is 0 Å². The van der Waals surface area contributed by atoms with Crippen LogP contribution in [0.15, 0.2) is 0 Å². The van der Waals surface area contributed by atoms with Crippen LogP contribution in [0.2, 0.25) is 0 Å². The van der Waals surface area contributed by atoms with Crippen molar-refractivity contribution in [1.29, 1.82) is 0 Å². The molecule has 0 aromatic carbocycles. The molecule has 0 rings (SSSR count). The van der Waals surface area contributed by atoms with E-state index in [0.717, 1.165) is 0 Å². The first-order chi connectivity index (χ1) is 19.1. The Kier molecular flexibility index (Phi) is 30.9. The van der Waals surface area contributed by atoms with E-state index >= 15 is 0 Å². The van der Waals surface area contributed by atoms with Gasteiger partial charge in [0.1, 0.15) is 0 Å². The molecule has 0 spiro atoms. The second kappa shape index (κ2) is 30.9. The fraction of sp³-hybridized carbons (Fsp3) is 1.00. The summed E-state index contributed by atoms with van der Waals surface area (Å²) in [6.45, 7) is 14.7. The zero-order chi connectivity index (χ0) is 28.7. The van der Waals surface area contributed by atoms with Crippen LogP contribution in [0, 0.1) is 0 Å². The maximum atomic E-state index is 2.90. The fourth-order valence-corrected chi connectivity index (χ4v) is 6.32. The summed E-state index contributed by atoms with van der Waals surface area (Å²) < 4.78 is 0. The predicted molar refractivity (Wildman–Crippen MR) is 181 cm³/mol. The quantitative estimate of drug-likeness (QED) is 0.0736. The Morgan fingerprint density at radius 1 is 0.308 bits per heavy atom. The van der Waals surface area contributed by atoms with Gasteiger partial charge in [-0.15, -0.1) is 0 Å². The number of hydrogen-bond acceptors (Lipinski definition) is 1. The van der Waals surface area contributed by atoms with Gasteiger partial charge in [-0.1, -0.05) is 194 Å². The zero-order valence-electron chi connectivity index (χ0n) is 28.6. The second-order valence-corrected chi connectivity index (χ2v) is 13.7. The summed E-state index contributed by atoms with van der Waals surface area (Å²) in [5, 5.41) is 0. The van der Waals surface area contributed by atoms with Crippen LogP contribution >= 0.6 is 0 Å².